The van der Waals surface area contributed by atoms with Crippen LogP contribution >= 0.6 is 0 Å². The van der Waals surface area contributed by atoms with E-state index in [0.29, 0.717) is 32.2 Å². The van der Waals surface area contributed by atoms with Crippen LogP contribution in [0.4, 0.5) is 0 Å². The Morgan fingerprint density at radius 2 is 1.32 bits per heavy atom. The summed E-state index contributed by atoms with van der Waals surface area (Å²) in [7, 11) is 0. The van der Waals surface area contributed by atoms with E-state index in [1.54, 1.807) is 13.1 Å². The first-order chi connectivity index (χ1) is 30.2. The average molecular weight is 864 g/mol. The minimum atomic E-state index is -1.21. The van der Waals surface area contributed by atoms with Gasteiger partial charge in [0.2, 0.25) is 35.4 Å². The fourth-order valence-electron chi connectivity index (χ4n) is 7.78. The highest BCUT2D eigenvalue weighted by atomic mass is 16.2. The van der Waals surface area contributed by atoms with Gasteiger partial charge in [-0.3, -0.25) is 33.8 Å². The monoisotopic (exact) mass is 863 g/mol. The number of fused-ring (bicyclic) bond motifs is 1. The molecule has 0 radical (unpaired) electrons. The van der Waals surface area contributed by atoms with Crippen molar-refractivity contribution in [2.75, 3.05) is 13.1 Å². The minimum absolute atomic E-state index is 0.0455. The maximum Gasteiger partial charge on any atom is 0.246 e. The topological polar surface area (TPSA) is 286 Å². The Morgan fingerprint density at radius 1 is 0.746 bits per heavy atom. The third-order valence-electron chi connectivity index (χ3n) is 11.5. The number of aliphatic imine (C=N–C) groups is 1. The normalized spacial score (nSPS) is 16.4. The molecule has 0 spiro atoms. The predicted octanol–water partition coefficient (Wildman–Crippen LogP) is 1.04. The lowest BCUT2D eigenvalue weighted by molar-refractivity contribution is -0.141. The summed E-state index contributed by atoms with van der Waals surface area (Å²) in [5.41, 5.74) is 25.9. The summed E-state index contributed by atoms with van der Waals surface area (Å²) in [6.45, 7) is 4.26. The molecular formula is C46H61N11O6. The van der Waals surface area contributed by atoms with Gasteiger partial charge in [-0.1, -0.05) is 99.1 Å². The van der Waals surface area contributed by atoms with Gasteiger partial charge in [0, 0.05) is 49.5 Å². The van der Waals surface area contributed by atoms with Crippen molar-refractivity contribution in [2.45, 2.75) is 101 Å². The first-order valence-corrected chi connectivity index (χ1v) is 21.5. The lowest BCUT2D eigenvalue weighted by Crippen LogP contribution is -2.61. The lowest BCUT2D eigenvalue weighted by atomic mass is 9.96. The van der Waals surface area contributed by atoms with Crippen LogP contribution in [0.3, 0.4) is 0 Å². The Bertz CT molecular complexity index is 2210. The first kappa shape index (κ1) is 47.3. The van der Waals surface area contributed by atoms with Gasteiger partial charge in [0.25, 0.3) is 0 Å². The quantitative estimate of drug-likeness (QED) is 0.0310. The molecule has 17 nitrogen and oxygen atoms in total. The number of aromatic nitrogens is 1. The summed E-state index contributed by atoms with van der Waals surface area (Å²) >= 11 is 0. The number of nitrogens with two attached hydrogens (primary N) is 4. The molecule has 336 valence electrons. The molecule has 1 aromatic heterocycles. The smallest absolute Gasteiger partial charge is 0.246 e. The van der Waals surface area contributed by atoms with Gasteiger partial charge in [0.15, 0.2) is 5.96 Å². The Balaban J connectivity index is 1.40. The molecule has 1 aliphatic heterocycles. The predicted molar refractivity (Wildman–Crippen MR) is 241 cm³/mol. The molecule has 0 aliphatic carbocycles. The van der Waals surface area contributed by atoms with Crippen LogP contribution in [-0.4, -0.2) is 101 Å². The molecule has 7 atom stereocenters. The summed E-state index contributed by atoms with van der Waals surface area (Å²) in [6.07, 6.45) is 4.15. The second-order valence-corrected chi connectivity index (χ2v) is 16.1. The molecular weight excluding hydrogens is 803 g/mol. The van der Waals surface area contributed by atoms with Crippen LogP contribution in [0.5, 0.6) is 0 Å². The molecule has 13 N–H and O–H groups in total. The highest BCUT2D eigenvalue weighted by Gasteiger charge is 2.39. The van der Waals surface area contributed by atoms with Gasteiger partial charge in [0.1, 0.15) is 30.2 Å². The van der Waals surface area contributed by atoms with Crippen molar-refractivity contribution in [3.05, 3.63) is 108 Å². The Morgan fingerprint density at radius 3 is 1.95 bits per heavy atom. The molecule has 1 saturated heterocycles. The summed E-state index contributed by atoms with van der Waals surface area (Å²) in [5, 5.41) is 12.3. The molecule has 63 heavy (non-hydrogen) atoms. The average Bonchev–Trinajstić information content (AvgIpc) is 3.94. The number of hydrogen-bond donors (Lipinski definition) is 9. The number of primary amides is 1. The molecule has 4 aromatic rings. The third kappa shape index (κ3) is 13.4. The zero-order valence-corrected chi connectivity index (χ0v) is 35.9. The van der Waals surface area contributed by atoms with Crippen molar-refractivity contribution in [3.63, 3.8) is 0 Å². The number of carbonyl (C=O) groups excluding carboxylic acids is 6. The van der Waals surface area contributed by atoms with E-state index < -0.39 is 77.6 Å². The first-order valence-electron chi connectivity index (χ1n) is 21.5. The molecule has 1 aliphatic rings. The number of H-pyrrole nitrogens is 1. The molecule has 1 fully saturated rings. The molecule has 17 heteroatoms. The fraction of sp³-hybridized carbons (Fsp3) is 0.413. The summed E-state index contributed by atoms with van der Waals surface area (Å²) < 4.78 is 0. The van der Waals surface area contributed by atoms with Crippen LogP contribution in [0.1, 0.15) is 62.6 Å². The largest absolute Gasteiger partial charge is 0.370 e. The van der Waals surface area contributed by atoms with E-state index in [2.05, 4.69) is 31.2 Å². The van der Waals surface area contributed by atoms with Crippen LogP contribution in [-0.2, 0) is 48.0 Å². The van der Waals surface area contributed by atoms with E-state index in [9.17, 15) is 28.8 Å². The van der Waals surface area contributed by atoms with Crippen molar-refractivity contribution < 1.29 is 28.8 Å². The number of nitrogens with one attached hydrogen (secondary N) is 5. The van der Waals surface area contributed by atoms with Gasteiger partial charge >= 0.3 is 0 Å². The number of likely N-dealkylation sites (tertiary alicyclic amines) is 1. The van der Waals surface area contributed by atoms with E-state index in [1.165, 1.54) is 4.90 Å². The number of carbonyl (C=O) groups is 6. The number of amides is 6. The Hall–Kier alpha value is -6.75. The second kappa shape index (κ2) is 22.9. The molecule has 6 amide bonds. The van der Waals surface area contributed by atoms with Crippen molar-refractivity contribution >= 4 is 52.3 Å². The van der Waals surface area contributed by atoms with Gasteiger partial charge in [-0.2, -0.15) is 0 Å². The highest BCUT2D eigenvalue weighted by Crippen LogP contribution is 2.21. The van der Waals surface area contributed by atoms with Crippen LogP contribution in [0.25, 0.3) is 10.9 Å². The van der Waals surface area contributed by atoms with Crippen molar-refractivity contribution in [1.29, 1.82) is 0 Å². The lowest BCUT2D eigenvalue weighted by Gasteiger charge is -2.31. The summed E-state index contributed by atoms with van der Waals surface area (Å²) in [6, 6.07) is 19.4. The van der Waals surface area contributed by atoms with E-state index >= 15 is 0 Å². The maximum atomic E-state index is 14.5. The van der Waals surface area contributed by atoms with Gasteiger partial charge in [-0.15, -0.1) is 0 Å². The molecule has 5 rings (SSSR count). The Kier molecular flexibility index (Phi) is 17.2. The fourth-order valence-corrected chi connectivity index (χ4v) is 7.78. The van der Waals surface area contributed by atoms with E-state index in [-0.39, 0.29) is 38.2 Å². The number of benzene rings is 3. The van der Waals surface area contributed by atoms with Gasteiger partial charge < -0.3 is 54.1 Å². The van der Waals surface area contributed by atoms with Crippen LogP contribution < -0.4 is 44.2 Å². The van der Waals surface area contributed by atoms with Crippen molar-refractivity contribution in [2.24, 2.45) is 33.8 Å². The molecule has 2 heterocycles. The minimum Gasteiger partial charge on any atom is -0.370 e. The van der Waals surface area contributed by atoms with Crippen LogP contribution in [0, 0.1) is 5.92 Å². The van der Waals surface area contributed by atoms with E-state index in [4.69, 9.17) is 22.9 Å². The maximum absolute atomic E-state index is 14.5. The number of rotatable bonds is 22. The Labute approximate surface area is 367 Å². The number of guanidine groups is 1. The number of para-hydroxylation sites is 1. The number of nitrogens with zero attached hydrogens (tertiary/aromatic N) is 2. The summed E-state index contributed by atoms with van der Waals surface area (Å²) in [5.74, 6) is -4.04. The van der Waals surface area contributed by atoms with Crippen molar-refractivity contribution in [3.8, 4) is 0 Å². The molecule has 0 unspecified atom stereocenters. The molecule has 0 bridgehead atoms. The van der Waals surface area contributed by atoms with E-state index in [0.717, 1.165) is 27.6 Å². The van der Waals surface area contributed by atoms with Crippen molar-refractivity contribution in [1.82, 2.24) is 31.2 Å². The second-order valence-electron chi connectivity index (χ2n) is 16.1. The van der Waals surface area contributed by atoms with E-state index in [1.807, 2.05) is 91.9 Å². The summed E-state index contributed by atoms with van der Waals surface area (Å²) in [4.78, 5) is 91.8. The zero-order valence-electron chi connectivity index (χ0n) is 35.9. The molecule has 3 aromatic carbocycles. The number of aromatic amines is 1. The highest BCUT2D eigenvalue weighted by molar-refractivity contribution is 5.97. The van der Waals surface area contributed by atoms with Crippen LogP contribution in [0.15, 0.2) is 96.1 Å². The molecule has 0 saturated carbocycles. The third-order valence-corrected chi connectivity index (χ3v) is 11.5. The zero-order chi connectivity index (χ0) is 45.5. The van der Waals surface area contributed by atoms with Gasteiger partial charge in [-0.25, -0.2) is 0 Å². The standard InChI is InChI=1S/C46H61N11O6/c1-3-28(2)39(44(62)55-37(25-30-16-8-5-9-17-30)45(63)57-23-13-21-38(57)40(48)58)56-43(61)35(24-29-14-6-4-7-15-29)54-42(60)36(26-31-27-52-34-20-11-10-18-32(31)34)53-41(59)33(47)19-12-22-51-46(49)50/h4-11,14-18,20,27-28,33,35-39,52H,3,12-13,19,21-26,47H2,1-2H3,(H2,48,58)(H,53,59)(H,54,60)(H,55,62)(H,56,61)(H4,49,50,51)/t28-,33+,35-,36+,37-,38+,39-/m1/s1. The van der Waals surface area contributed by atoms with Gasteiger partial charge in [0.05, 0.1) is 6.04 Å². The van der Waals surface area contributed by atoms with Crippen LogP contribution in [0.2, 0.25) is 0 Å². The van der Waals surface area contributed by atoms with Gasteiger partial charge in [-0.05, 0) is 54.4 Å². The SMILES string of the molecule is CC[C@@H](C)[C@@H](NC(=O)[C@@H](Cc1ccccc1)NC(=O)[C@H](Cc1c[nH]c2ccccc12)NC(=O)[C@@H](N)CCCN=C(N)N)C(=O)N[C@H](Cc1ccccc1)C(=O)N1CCC[C@H]1C(N)=O. The number of hydrogen-bond acceptors (Lipinski definition) is 8.